The van der Waals surface area contributed by atoms with Crippen LogP contribution in [0.1, 0.15) is 22.3 Å². The van der Waals surface area contributed by atoms with E-state index >= 15 is 0 Å². The van der Waals surface area contributed by atoms with Gasteiger partial charge in [0.05, 0.1) is 0 Å². The van der Waals surface area contributed by atoms with Gasteiger partial charge in [-0.15, -0.1) is 0 Å². The summed E-state index contributed by atoms with van der Waals surface area (Å²) in [6.45, 7) is 8.69. The van der Waals surface area contributed by atoms with Crippen LogP contribution >= 0.6 is 0 Å². The molecule has 0 radical (unpaired) electrons. The molecule has 0 bridgehead atoms. The van der Waals surface area contributed by atoms with Crippen molar-refractivity contribution in [2.24, 2.45) is 0 Å². The summed E-state index contributed by atoms with van der Waals surface area (Å²) in [6, 6.07) is 10.3. The molecule has 0 unspecified atom stereocenters. The minimum Gasteiger partial charge on any atom is -0.399 e. The second-order valence-corrected chi connectivity index (χ2v) is 5.26. The number of hydrogen-bond acceptors (Lipinski definition) is 2. The van der Waals surface area contributed by atoms with E-state index in [2.05, 4.69) is 51.8 Å². The van der Waals surface area contributed by atoms with Crippen LogP contribution in [0.4, 0.5) is 17.1 Å². The largest absolute Gasteiger partial charge is 0.399 e. The highest BCUT2D eigenvalue weighted by atomic mass is 15.1. The van der Waals surface area contributed by atoms with Crippen LogP contribution in [0, 0.1) is 27.7 Å². The van der Waals surface area contributed by atoms with Gasteiger partial charge < -0.3 is 10.6 Å². The molecule has 0 aliphatic heterocycles. The van der Waals surface area contributed by atoms with E-state index in [1.165, 1.54) is 27.9 Å². The molecule has 19 heavy (non-hydrogen) atoms. The topological polar surface area (TPSA) is 29.3 Å². The average molecular weight is 254 g/mol. The zero-order valence-corrected chi connectivity index (χ0v) is 12.4. The fraction of sp³-hybridized carbons (Fsp3) is 0.294. The van der Waals surface area contributed by atoms with Crippen LogP contribution in [-0.4, -0.2) is 7.05 Å². The van der Waals surface area contributed by atoms with E-state index in [4.69, 9.17) is 5.73 Å². The summed E-state index contributed by atoms with van der Waals surface area (Å²) in [5, 5.41) is 0. The molecule has 2 rings (SSSR count). The lowest BCUT2D eigenvalue weighted by atomic mass is 9.97. The highest BCUT2D eigenvalue weighted by molar-refractivity contribution is 5.73. The minimum absolute atomic E-state index is 0.795. The third-order valence-corrected chi connectivity index (χ3v) is 3.92. The van der Waals surface area contributed by atoms with Gasteiger partial charge in [-0.25, -0.2) is 0 Å². The lowest BCUT2D eigenvalue weighted by Crippen LogP contribution is -2.14. The number of nitrogens with two attached hydrogens (primary N) is 1. The van der Waals surface area contributed by atoms with Crippen LogP contribution in [0.5, 0.6) is 0 Å². The van der Waals surface area contributed by atoms with Crippen molar-refractivity contribution in [2.45, 2.75) is 27.7 Å². The molecule has 100 valence electrons. The Labute approximate surface area is 115 Å². The maximum Gasteiger partial charge on any atom is 0.0472 e. The van der Waals surface area contributed by atoms with Gasteiger partial charge in [-0.2, -0.15) is 0 Å². The Bertz CT molecular complexity index is 589. The highest BCUT2D eigenvalue weighted by Gasteiger charge is 2.13. The summed E-state index contributed by atoms with van der Waals surface area (Å²) >= 11 is 0. The Morgan fingerprint density at radius 1 is 0.895 bits per heavy atom. The lowest BCUT2D eigenvalue weighted by Gasteiger charge is -2.26. The number of nitrogen functional groups attached to an aromatic ring is 1. The van der Waals surface area contributed by atoms with Crippen molar-refractivity contribution < 1.29 is 0 Å². The predicted octanol–water partition coefficient (Wildman–Crippen LogP) is 4.27. The Hall–Kier alpha value is -1.96. The normalized spacial score (nSPS) is 10.6. The van der Waals surface area contributed by atoms with E-state index in [1.54, 1.807) is 0 Å². The first-order valence-electron chi connectivity index (χ1n) is 6.58. The van der Waals surface area contributed by atoms with Crippen LogP contribution < -0.4 is 10.6 Å². The standard InChI is InChI=1S/C17H22N2/c1-11-9-12(2)14(4)17(13(11)3)19(5)16-8-6-7-15(18)10-16/h6-10H,18H2,1-5H3. The Morgan fingerprint density at radius 2 is 1.47 bits per heavy atom. The van der Waals surface area contributed by atoms with Crippen molar-refractivity contribution in [3.05, 3.63) is 52.6 Å². The third kappa shape index (κ3) is 2.43. The fourth-order valence-electron chi connectivity index (χ4n) is 2.56. The van der Waals surface area contributed by atoms with Gasteiger partial charge in [0.1, 0.15) is 0 Å². The SMILES string of the molecule is Cc1cc(C)c(C)c(N(C)c2cccc(N)c2)c1C. The number of nitrogens with zero attached hydrogens (tertiary/aromatic N) is 1. The third-order valence-electron chi connectivity index (χ3n) is 3.92. The second-order valence-electron chi connectivity index (χ2n) is 5.26. The minimum atomic E-state index is 0.795. The van der Waals surface area contributed by atoms with E-state index in [1.807, 2.05) is 18.2 Å². The number of rotatable bonds is 2. The molecule has 0 atom stereocenters. The predicted molar refractivity (Wildman–Crippen MR) is 84.3 cm³/mol. The molecule has 0 fully saturated rings. The van der Waals surface area contributed by atoms with Crippen LogP contribution in [0.15, 0.2) is 30.3 Å². The molecular formula is C17H22N2. The second kappa shape index (κ2) is 4.96. The molecule has 2 heteroatoms. The van der Waals surface area contributed by atoms with Crippen molar-refractivity contribution in [3.63, 3.8) is 0 Å². The molecule has 0 aromatic heterocycles. The highest BCUT2D eigenvalue weighted by Crippen LogP contribution is 2.34. The monoisotopic (exact) mass is 254 g/mol. The van der Waals surface area contributed by atoms with Gasteiger partial charge in [0.25, 0.3) is 0 Å². The summed E-state index contributed by atoms with van der Waals surface area (Å²) in [5.74, 6) is 0. The molecule has 0 aliphatic carbocycles. The van der Waals surface area contributed by atoms with E-state index in [0.717, 1.165) is 11.4 Å². The molecule has 2 aromatic carbocycles. The quantitative estimate of drug-likeness (QED) is 0.811. The number of aryl methyl sites for hydroxylation is 2. The molecule has 0 saturated heterocycles. The number of anilines is 3. The van der Waals surface area contributed by atoms with Crippen molar-refractivity contribution in [1.82, 2.24) is 0 Å². The van der Waals surface area contributed by atoms with Gasteiger partial charge in [0, 0.05) is 24.1 Å². The molecule has 0 saturated carbocycles. The molecular weight excluding hydrogens is 232 g/mol. The summed E-state index contributed by atoms with van der Waals surface area (Å²) in [4.78, 5) is 2.22. The van der Waals surface area contributed by atoms with E-state index in [-0.39, 0.29) is 0 Å². The summed E-state index contributed by atoms with van der Waals surface area (Å²) in [6.07, 6.45) is 0. The van der Waals surface area contributed by atoms with Crippen molar-refractivity contribution >= 4 is 17.1 Å². The smallest absolute Gasteiger partial charge is 0.0472 e. The molecule has 0 spiro atoms. The molecule has 0 aliphatic rings. The average Bonchev–Trinajstić information content (AvgIpc) is 2.36. The molecule has 0 heterocycles. The number of benzene rings is 2. The Morgan fingerprint density at radius 3 is 2.00 bits per heavy atom. The molecule has 0 amide bonds. The summed E-state index contributed by atoms with van der Waals surface area (Å²) in [5.41, 5.74) is 14.4. The van der Waals surface area contributed by atoms with Crippen molar-refractivity contribution in [2.75, 3.05) is 17.7 Å². The summed E-state index contributed by atoms with van der Waals surface area (Å²) in [7, 11) is 2.10. The van der Waals surface area contributed by atoms with Crippen LogP contribution in [0.25, 0.3) is 0 Å². The van der Waals surface area contributed by atoms with Crippen LogP contribution in [0.2, 0.25) is 0 Å². The van der Waals surface area contributed by atoms with Crippen LogP contribution in [0.3, 0.4) is 0 Å². The van der Waals surface area contributed by atoms with Crippen molar-refractivity contribution in [3.8, 4) is 0 Å². The summed E-state index contributed by atoms with van der Waals surface area (Å²) < 4.78 is 0. The first-order valence-corrected chi connectivity index (χ1v) is 6.58. The van der Waals surface area contributed by atoms with Gasteiger partial charge >= 0.3 is 0 Å². The van der Waals surface area contributed by atoms with Gasteiger partial charge in [-0.3, -0.25) is 0 Å². The zero-order chi connectivity index (χ0) is 14.2. The molecule has 2 N–H and O–H groups in total. The van der Waals surface area contributed by atoms with Gasteiger partial charge in [0.2, 0.25) is 0 Å². The maximum absolute atomic E-state index is 5.88. The first kappa shape index (κ1) is 13.5. The molecule has 2 aromatic rings. The van der Waals surface area contributed by atoms with Gasteiger partial charge in [0.15, 0.2) is 0 Å². The van der Waals surface area contributed by atoms with Crippen molar-refractivity contribution in [1.29, 1.82) is 0 Å². The lowest BCUT2D eigenvalue weighted by molar-refractivity contribution is 1.13. The zero-order valence-electron chi connectivity index (χ0n) is 12.4. The van der Waals surface area contributed by atoms with E-state index in [0.29, 0.717) is 0 Å². The first-order chi connectivity index (χ1) is 8.91. The van der Waals surface area contributed by atoms with Gasteiger partial charge in [-0.1, -0.05) is 12.1 Å². The Kier molecular flexibility index (Phi) is 3.52. The van der Waals surface area contributed by atoms with Gasteiger partial charge in [-0.05, 0) is 68.1 Å². The molecule has 2 nitrogen and oxygen atoms in total. The Balaban J connectivity index is 2.59. The van der Waals surface area contributed by atoms with Crippen LogP contribution in [-0.2, 0) is 0 Å². The maximum atomic E-state index is 5.88. The number of hydrogen-bond donors (Lipinski definition) is 1. The fourth-order valence-corrected chi connectivity index (χ4v) is 2.56. The van der Waals surface area contributed by atoms with E-state index < -0.39 is 0 Å². The van der Waals surface area contributed by atoms with E-state index in [9.17, 15) is 0 Å².